The van der Waals surface area contributed by atoms with Crippen LogP contribution in [0.15, 0.2) is 12.1 Å². The zero-order chi connectivity index (χ0) is 12.9. The average molecular weight is 283 g/mol. The number of H-pyrrole nitrogens is 1. The minimum absolute atomic E-state index is 0. The molecule has 1 heterocycles. The molecule has 0 aliphatic heterocycles. The molecule has 0 saturated carbocycles. The molecule has 2 nitrogen and oxygen atoms in total. The number of hydrogen-bond acceptors (Lipinski definition) is 1. The van der Waals surface area contributed by atoms with Gasteiger partial charge in [-0.3, -0.25) is 0 Å². The van der Waals surface area contributed by atoms with Crippen LogP contribution < -0.4 is 0 Å². The third-order valence-electron chi connectivity index (χ3n) is 4.25. The van der Waals surface area contributed by atoms with Crippen LogP contribution in [0.2, 0.25) is 0 Å². The topological polar surface area (TPSA) is 19.0 Å². The molecular weight excluding hydrogens is 263 g/mol. The summed E-state index contributed by atoms with van der Waals surface area (Å²) in [6.07, 6.45) is 3.26. The van der Waals surface area contributed by atoms with Crippen LogP contribution in [0.1, 0.15) is 23.2 Å². The number of halogens is 2. The number of hydrogen-bond donors (Lipinski definition) is 1. The minimum atomic E-state index is -0.101. The Hall–Kier alpha value is -1.06. The molecule has 1 aliphatic rings. The maximum absolute atomic E-state index is 13.7. The summed E-state index contributed by atoms with van der Waals surface area (Å²) in [5.74, 6) is -0.101. The lowest BCUT2D eigenvalue weighted by Gasteiger charge is -2.28. The largest absolute Gasteiger partial charge is 0.358 e. The fourth-order valence-electron chi connectivity index (χ4n) is 3.10. The molecular formula is C15H20ClFN2. The van der Waals surface area contributed by atoms with Crippen molar-refractivity contribution in [1.82, 2.24) is 9.88 Å². The first-order chi connectivity index (χ1) is 8.58. The predicted octanol–water partition coefficient (Wildman–Crippen LogP) is 3.46. The first-order valence-corrected chi connectivity index (χ1v) is 6.53. The Morgan fingerprint density at radius 1 is 1.32 bits per heavy atom. The molecule has 1 aliphatic carbocycles. The molecule has 1 unspecified atom stereocenters. The first-order valence-electron chi connectivity index (χ1n) is 6.53. The van der Waals surface area contributed by atoms with Crippen LogP contribution >= 0.6 is 12.4 Å². The zero-order valence-corrected chi connectivity index (χ0v) is 12.4. The molecule has 1 aromatic heterocycles. The maximum Gasteiger partial charge on any atom is 0.126 e. The summed E-state index contributed by atoms with van der Waals surface area (Å²) in [6, 6.07) is 3.99. The Kier molecular flexibility index (Phi) is 3.88. The third kappa shape index (κ3) is 2.26. The Labute approximate surface area is 119 Å². The molecule has 0 fully saturated rings. The summed E-state index contributed by atoms with van der Waals surface area (Å²) in [6.45, 7) is 1.88. The monoisotopic (exact) mass is 282 g/mol. The van der Waals surface area contributed by atoms with E-state index in [1.807, 2.05) is 13.0 Å². The summed E-state index contributed by atoms with van der Waals surface area (Å²) in [4.78, 5) is 5.73. The van der Waals surface area contributed by atoms with Gasteiger partial charge in [0.05, 0.1) is 0 Å². The molecule has 3 rings (SSSR count). The lowest BCUT2D eigenvalue weighted by Crippen LogP contribution is -2.33. The van der Waals surface area contributed by atoms with E-state index in [2.05, 4.69) is 24.0 Å². The van der Waals surface area contributed by atoms with Gasteiger partial charge < -0.3 is 9.88 Å². The number of aromatic amines is 1. The minimum Gasteiger partial charge on any atom is -0.358 e. The van der Waals surface area contributed by atoms with E-state index in [0.29, 0.717) is 6.04 Å². The van der Waals surface area contributed by atoms with Crippen molar-refractivity contribution < 1.29 is 4.39 Å². The number of nitrogens with zero attached hydrogens (tertiary/aromatic N) is 1. The second-order valence-corrected chi connectivity index (χ2v) is 5.54. The highest BCUT2D eigenvalue weighted by molar-refractivity contribution is 5.88. The van der Waals surface area contributed by atoms with Crippen molar-refractivity contribution in [1.29, 1.82) is 0 Å². The fraction of sp³-hybridized carbons (Fsp3) is 0.467. The van der Waals surface area contributed by atoms with Crippen molar-refractivity contribution in [2.45, 2.75) is 32.2 Å². The van der Waals surface area contributed by atoms with Gasteiger partial charge in [-0.2, -0.15) is 0 Å². The molecule has 2 aromatic rings. The summed E-state index contributed by atoms with van der Waals surface area (Å²) < 4.78 is 13.7. The van der Waals surface area contributed by atoms with Gasteiger partial charge in [0.2, 0.25) is 0 Å². The number of likely N-dealkylation sites (N-methyl/N-ethyl adjacent to an activating group) is 1. The number of aryl methyl sites for hydroxylation is 2. The van der Waals surface area contributed by atoms with E-state index in [1.54, 1.807) is 6.07 Å². The van der Waals surface area contributed by atoms with Gasteiger partial charge in [-0.05, 0) is 63.5 Å². The first kappa shape index (κ1) is 14.4. The molecule has 104 valence electrons. The van der Waals surface area contributed by atoms with E-state index in [0.717, 1.165) is 29.3 Å². The normalized spacial score (nSPS) is 18.5. The number of aromatic nitrogens is 1. The maximum atomic E-state index is 13.7. The summed E-state index contributed by atoms with van der Waals surface area (Å²) in [7, 11) is 4.25. The molecule has 19 heavy (non-hydrogen) atoms. The highest BCUT2D eigenvalue weighted by Gasteiger charge is 2.24. The van der Waals surface area contributed by atoms with E-state index < -0.39 is 0 Å². The standard InChI is InChI=1S/C15H19FN2.ClH/c1-9-12(16)5-7-14-15(9)11-8-10(18(2)3)4-6-13(11)17-14;/h5,7,10,17H,4,6,8H2,1-3H3;1H. The predicted molar refractivity (Wildman–Crippen MR) is 79.7 cm³/mol. The summed E-state index contributed by atoms with van der Waals surface area (Å²) in [5, 5.41) is 1.11. The summed E-state index contributed by atoms with van der Waals surface area (Å²) in [5.41, 5.74) is 4.49. The number of fused-ring (bicyclic) bond motifs is 3. The Morgan fingerprint density at radius 3 is 2.74 bits per heavy atom. The van der Waals surface area contributed by atoms with Crippen LogP contribution in [-0.2, 0) is 12.8 Å². The second kappa shape index (κ2) is 5.14. The van der Waals surface area contributed by atoms with Crippen molar-refractivity contribution in [3.8, 4) is 0 Å². The van der Waals surface area contributed by atoms with Gasteiger partial charge in [0.25, 0.3) is 0 Å². The lowest BCUT2D eigenvalue weighted by atomic mass is 9.90. The van der Waals surface area contributed by atoms with Gasteiger partial charge in [-0.1, -0.05) is 0 Å². The zero-order valence-electron chi connectivity index (χ0n) is 11.6. The second-order valence-electron chi connectivity index (χ2n) is 5.54. The molecule has 4 heteroatoms. The van der Waals surface area contributed by atoms with Crippen molar-refractivity contribution in [3.63, 3.8) is 0 Å². The molecule has 0 spiro atoms. The Morgan fingerprint density at radius 2 is 2.05 bits per heavy atom. The van der Waals surface area contributed by atoms with Gasteiger partial charge in [0, 0.05) is 22.6 Å². The lowest BCUT2D eigenvalue weighted by molar-refractivity contribution is 0.268. The van der Waals surface area contributed by atoms with E-state index in [4.69, 9.17) is 0 Å². The highest BCUT2D eigenvalue weighted by atomic mass is 35.5. The van der Waals surface area contributed by atoms with Gasteiger partial charge in [0.15, 0.2) is 0 Å². The van der Waals surface area contributed by atoms with E-state index in [1.165, 1.54) is 17.7 Å². The van der Waals surface area contributed by atoms with E-state index in [9.17, 15) is 4.39 Å². The Balaban J connectivity index is 0.00000133. The molecule has 1 atom stereocenters. The van der Waals surface area contributed by atoms with Crippen LogP contribution in [0.4, 0.5) is 4.39 Å². The molecule has 1 aromatic carbocycles. The van der Waals surface area contributed by atoms with Crippen molar-refractivity contribution in [2.75, 3.05) is 14.1 Å². The van der Waals surface area contributed by atoms with Crippen LogP contribution in [0.3, 0.4) is 0 Å². The van der Waals surface area contributed by atoms with Gasteiger partial charge in [-0.15, -0.1) is 12.4 Å². The van der Waals surface area contributed by atoms with Crippen molar-refractivity contribution in [3.05, 3.63) is 34.8 Å². The molecule has 0 radical (unpaired) electrons. The molecule has 0 saturated heterocycles. The van der Waals surface area contributed by atoms with Gasteiger partial charge in [0.1, 0.15) is 5.82 Å². The van der Waals surface area contributed by atoms with Gasteiger partial charge >= 0.3 is 0 Å². The number of nitrogens with one attached hydrogen (secondary N) is 1. The number of benzene rings is 1. The SMILES string of the molecule is Cc1c(F)ccc2[nH]c3c(c12)CC(N(C)C)CC3.Cl. The van der Waals surface area contributed by atoms with Gasteiger partial charge in [-0.25, -0.2) is 4.39 Å². The molecule has 0 amide bonds. The quantitative estimate of drug-likeness (QED) is 0.849. The van der Waals surface area contributed by atoms with E-state index in [-0.39, 0.29) is 18.2 Å². The Bertz CT molecular complexity index is 604. The van der Waals surface area contributed by atoms with E-state index >= 15 is 0 Å². The van der Waals surface area contributed by atoms with Crippen LogP contribution in [0, 0.1) is 12.7 Å². The van der Waals surface area contributed by atoms with Crippen LogP contribution in [-0.4, -0.2) is 30.0 Å². The van der Waals surface area contributed by atoms with Crippen LogP contribution in [0.5, 0.6) is 0 Å². The fourth-order valence-corrected chi connectivity index (χ4v) is 3.10. The van der Waals surface area contributed by atoms with Crippen molar-refractivity contribution >= 4 is 23.3 Å². The molecule has 1 N–H and O–H groups in total. The molecule has 0 bridgehead atoms. The average Bonchev–Trinajstić information content (AvgIpc) is 2.71. The third-order valence-corrected chi connectivity index (χ3v) is 4.25. The van der Waals surface area contributed by atoms with Crippen molar-refractivity contribution in [2.24, 2.45) is 0 Å². The number of rotatable bonds is 1. The highest BCUT2D eigenvalue weighted by Crippen LogP contribution is 2.33. The smallest absolute Gasteiger partial charge is 0.126 e. The summed E-state index contributed by atoms with van der Waals surface area (Å²) >= 11 is 0. The van der Waals surface area contributed by atoms with Crippen LogP contribution in [0.25, 0.3) is 10.9 Å².